The lowest BCUT2D eigenvalue weighted by Crippen LogP contribution is -2.22. The van der Waals surface area contributed by atoms with Crippen LogP contribution in [0.4, 0.5) is 0 Å². The third-order valence-corrected chi connectivity index (χ3v) is 4.86. The monoisotopic (exact) mass is 249 g/mol. The molecule has 0 spiro atoms. The van der Waals surface area contributed by atoms with Gasteiger partial charge in [-0.05, 0) is 12.7 Å². The molecule has 0 bridgehead atoms. The molecule has 1 heterocycles. The van der Waals surface area contributed by atoms with Crippen LogP contribution in [-0.2, 0) is 0 Å². The summed E-state index contributed by atoms with van der Waals surface area (Å²) < 4.78 is 2.05. The van der Waals surface area contributed by atoms with Crippen molar-refractivity contribution in [2.24, 2.45) is 5.73 Å². The summed E-state index contributed by atoms with van der Waals surface area (Å²) >= 11 is 4.99. The van der Waals surface area contributed by atoms with E-state index >= 15 is 0 Å². The van der Waals surface area contributed by atoms with Gasteiger partial charge in [0.2, 0.25) is 0 Å². The van der Waals surface area contributed by atoms with E-state index in [-0.39, 0.29) is 6.04 Å². The van der Waals surface area contributed by atoms with Gasteiger partial charge in [0.05, 0.1) is 0 Å². The highest BCUT2D eigenvalue weighted by molar-refractivity contribution is 8.03. The molecular formula is C8H15N3S3. The molecule has 0 aliphatic carbocycles. The quantitative estimate of drug-likeness (QED) is 0.785. The molecule has 3 nitrogen and oxygen atoms in total. The van der Waals surface area contributed by atoms with Crippen LogP contribution >= 0.6 is 34.9 Å². The minimum absolute atomic E-state index is 0.284. The number of rotatable bonds is 6. The van der Waals surface area contributed by atoms with Crippen LogP contribution in [0, 0.1) is 0 Å². The first-order valence-corrected chi connectivity index (χ1v) is 7.54. The van der Waals surface area contributed by atoms with Gasteiger partial charge < -0.3 is 5.73 Å². The largest absolute Gasteiger partial charge is 0.327 e. The van der Waals surface area contributed by atoms with Gasteiger partial charge in [0, 0.05) is 11.8 Å². The molecule has 0 aromatic carbocycles. The van der Waals surface area contributed by atoms with Crippen molar-refractivity contribution < 1.29 is 0 Å². The molecule has 14 heavy (non-hydrogen) atoms. The average molecular weight is 249 g/mol. The molecule has 1 atom stereocenters. The van der Waals surface area contributed by atoms with Gasteiger partial charge in [0.1, 0.15) is 0 Å². The number of nitrogens with two attached hydrogens (primary N) is 1. The maximum absolute atomic E-state index is 5.90. The van der Waals surface area contributed by atoms with E-state index in [0.717, 1.165) is 27.3 Å². The molecule has 2 N–H and O–H groups in total. The van der Waals surface area contributed by atoms with E-state index in [4.69, 9.17) is 5.73 Å². The zero-order valence-electron chi connectivity index (χ0n) is 8.40. The second kappa shape index (κ2) is 6.66. The van der Waals surface area contributed by atoms with Crippen LogP contribution < -0.4 is 5.73 Å². The molecule has 0 saturated heterocycles. The van der Waals surface area contributed by atoms with E-state index < -0.39 is 0 Å². The fraction of sp³-hybridized carbons (Fsp3) is 0.750. The molecule has 0 aliphatic rings. The first-order chi connectivity index (χ1) is 6.76. The Hall–Kier alpha value is 0.220. The summed E-state index contributed by atoms with van der Waals surface area (Å²) in [4.78, 5) is 0. The Morgan fingerprint density at radius 3 is 2.71 bits per heavy atom. The molecule has 0 saturated carbocycles. The Kier molecular flexibility index (Phi) is 5.84. The van der Waals surface area contributed by atoms with E-state index in [1.807, 2.05) is 6.26 Å². The van der Waals surface area contributed by atoms with Gasteiger partial charge in [-0.2, -0.15) is 0 Å². The Morgan fingerprint density at radius 1 is 1.43 bits per heavy atom. The molecule has 0 aliphatic heterocycles. The first kappa shape index (κ1) is 12.3. The van der Waals surface area contributed by atoms with Crippen molar-refractivity contribution >= 4 is 34.9 Å². The fourth-order valence-corrected chi connectivity index (χ4v) is 3.43. The molecule has 0 amide bonds. The molecule has 6 heteroatoms. The predicted molar refractivity (Wildman–Crippen MR) is 65.3 cm³/mol. The van der Waals surface area contributed by atoms with Crippen LogP contribution in [0.25, 0.3) is 0 Å². The van der Waals surface area contributed by atoms with Gasteiger partial charge in [-0.3, -0.25) is 0 Å². The highest BCUT2D eigenvalue weighted by atomic mass is 32.2. The smallest absolute Gasteiger partial charge is 0.175 e. The Morgan fingerprint density at radius 2 is 2.14 bits per heavy atom. The van der Waals surface area contributed by atoms with Crippen LogP contribution in [0.15, 0.2) is 8.68 Å². The summed E-state index contributed by atoms with van der Waals surface area (Å²) in [5, 5.41) is 8.10. The van der Waals surface area contributed by atoms with Crippen molar-refractivity contribution in [1.82, 2.24) is 10.2 Å². The van der Waals surface area contributed by atoms with Crippen LogP contribution in [0.5, 0.6) is 0 Å². The van der Waals surface area contributed by atoms with Crippen LogP contribution in [0.2, 0.25) is 0 Å². The minimum Gasteiger partial charge on any atom is -0.327 e. The molecule has 80 valence electrons. The normalized spacial score (nSPS) is 13.1. The molecule has 1 rings (SSSR count). The predicted octanol–water partition coefficient (Wildman–Crippen LogP) is 2.48. The molecule has 1 unspecified atom stereocenters. The second-order valence-corrected chi connectivity index (χ2v) is 6.20. The summed E-state index contributed by atoms with van der Waals surface area (Å²) in [5.41, 5.74) is 5.90. The second-order valence-electron chi connectivity index (χ2n) is 2.90. The average Bonchev–Trinajstić information content (AvgIpc) is 2.63. The van der Waals surface area contributed by atoms with Crippen molar-refractivity contribution in [3.8, 4) is 0 Å². The molecule has 0 radical (unpaired) electrons. The number of hydrogen-bond donors (Lipinski definition) is 1. The fourth-order valence-electron chi connectivity index (χ4n) is 0.970. The summed E-state index contributed by atoms with van der Waals surface area (Å²) in [7, 11) is 0. The number of hydrogen-bond acceptors (Lipinski definition) is 6. The Bertz CT molecular complexity index is 264. The van der Waals surface area contributed by atoms with Crippen LogP contribution in [0.1, 0.15) is 19.8 Å². The van der Waals surface area contributed by atoms with Gasteiger partial charge >= 0.3 is 0 Å². The summed E-state index contributed by atoms with van der Waals surface area (Å²) in [6.07, 6.45) is 4.24. The molecule has 0 fully saturated rings. The Balaban J connectivity index is 2.30. The van der Waals surface area contributed by atoms with Crippen LogP contribution in [-0.4, -0.2) is 28.2 Å². The molecule has 1 aromatic heterocycles. The lowest BCUT2D eigenvalue weighted by molar-refractivity contribution is 0.660. The van der Waals surface area contributed by atoms with Crippen molar-refractivity contribution in [1.29, 1.82) is 0 Å². The summed E-state index contributed by atoms with van der Waals surface area (Å²) in [6, 6.07) is 0.284. The zero-order chi connectivity index (χ0) is 10.4. The topological polar surface area (TPSA) is 51.8 Å². The van der Waals surface area contributed by atoms with Gasteiger partial charge in [0.15, 0.2) is 8.68 Å². The maximum atomic E-state index is 5.90. The van der Waals surface area contributed by atoms with E-state index in [2.05, 4.69) is 17.1 Å². The van der Waals surface area contributed by atoms with E-state index in [9.17, 15) is 0 Å². The molecule has 1 aromatic rings. The number of thioether (sulfide) groups is 2. The van der Waals surface area contributed by atoms with Gasteiger partial charge in [-0.15, -0.1) is 10.2 Å². The van der Waals surface area contributed by atoms with Crippen molar-refractivity contribution in [3.05, 3.63) is 0 Å². The highest BCUT2D eigenvalue weighted by Crippen LogP contribution is 2.27. The Labute approximate surface area is 97.3 Å². The van der Waals surface area contributed by atoms with E-state index in [0.29, 0.717) is 0 Å². The minimum atomic E-state index is 0.284. The SMILES string of the molecule is CCCC(N)CSc1nnc(SC)s1. The van der Waals surface area contributed by atoms with Crippen LogP contribution in [0.3, 0.4) is 0 Å². The third-order valence-electron chi connectivity index (χ3n) is 1.64. The lowest BCUT2D eigenvalue weighted by atomic mass is 10.2. The zero-order valence-corrected chi connectivity index (χ0v) is 10.8. The van der Waals surface area contributed by atoms with E-state index in [1.54, 1.807) is 34.9 Å². The first-order valence-electron chi connectivity index (χ1n) is 4.52. The lowest BCUT2D eigenvalue weighted by Gasteiger charge is -2.06. The molecular weight excluding hydrogens is 234 g/mol. The van der Waals surface area contributed by atoms with Gasteiger partial charge in [-0.1, -0.05) is 48.2 Å². The van der Waals surface area contributed by atoms with Gasteiger partial charge in [0.25, 0.3) is 0 Å². The van der Waals surface area contributed by atoms with Gasteiger partial charge in [-0.25, -0.2) is 0 Å². The van der Waals surface area contributed by atoms with Crippen molar-refractivity contribution in [2.45, 2.75) is 34.5 Å². The summed E-state index contributed by atoms with van der Waals surface area (Å²) in [5.74, 6) is 0.941. The van der Waals surface area contributed by atoms with Crippen molar-refractivity contribution in [3.63, 3.8) is 0 Å². The summed E-state index contributed by atoms with van der Waals surface area (Å²) in [6.45, 7) is 2.15. The van der Waals surface area contributed by atoms with E-state index in [1.165, 1.54) is 0 Å². The third kappa shape index (κ3) is 4.16. The number of nitrogens with zero attached hydrogens (tertiary/aromatic N) is 2. The van der Waals surface area contributed by atoms with Crippen molar-refractivity contribution in [2.75, 3.05) is 12.0 Å². The highest BCUT2D eigenvalue weighted by Gasteiger charge is 2.06. The number of aromatic nitrogens is 2. The maximum Gasteiger partial charge on any atom is 0.175 e. The standard InChI is InChI=1S/C8H15N3S3/c1-3-4-6(9)5-13-8-11-10-7(12-2)14-8/h6H,3-5,9H2,1-2H3.